The molecule has 2 heterocycles. The maximum atomic E-state index is 9.45. The first kappa shape index (κ1) is 8.15. The van der Waals surface area contributed by atoms with Crippen LogP contribution in [0.4, 0.5) is 0 Å². The first-order valence-electron chi connectivity index (χ1n) is 3.99. The highest BCUT2D eigenvalue weighted by molar-refractivity contribution is 5.45. The minimum atomic E-state index is -0.611. The molecule has 0 bridgehead atoms. The number of aliphatic hydroxyl groups is 1. The smallest absolute Gasteiger partial charge is 0.0913 e. The van der Waals surface area contributed by atoms with Crippen molar-refractivity contribution in [3.63, 3.8) is 0 Å². The molecule has 1 unspecified atom stereocenters. The van der Waals surface area contributed by atoms with Crippen molar-refractivity contribution in [2.24, 2.45) is 5.73 Å². The van der Waals surface area contributed by atoms with Crippen LogP contribution in [-0.4, -0.2) is 26.5 Å². The first-order valence-corrected chi connectivity index (χ1v) is 3.99. The zero-order chi connectivity index (χ0) is 9.26. The molecule has 0 saturated carbocycles. The van der Waals surface area contributed by atoms with Crippen molar-refractivity contribution < 1.29 is 5.11 Å². The lowest BCUT2D eigenvalue weighted by Crippen LogP contribution is -2.11. The molecule has 5 nitrogen and oxygen atoms in total. The fourth-order valence-corrected chi connectivity index (χ4v) is 1.19. The number of pyridine rings is 1. The molecular weight excluding hydrogens is 168 g/mol. The molecular formula is C8H10N4O. The molecule has 0 aliphatic carbocycles. The Morgan fingerprint density at radius 2 is 2.46 bits per heavy atom. The van der Waals surface area contributed by atoms with Crippen LogP contribution in [-0.2, 0) is 0 Å². The van der Waals surface area contributed by atoms with E-state index in [1.807, 2.05) is 6.07 Å². The summed E-state index contributed by atoms with van der Waals surface area (Å²) in [5.74, 6) is 0. The molecule has 0 aliphatic rings. The van der Waals surface area contributed by atoms with E-state index in [0.29, 0.717) is 0 Å². The first-order chi connectivity index (χ1) is 6.31. The maximum absolute atomic E-state index is 9.45. The fraction of sp³-hybridized carbons (Fsp3) is 0.250. The maximum Gasteiger partial charge on any atom is 0.0913 e. The standard InChI is InChI=1S/C8H10N4O/c9-4-8(13)6-1-2-12-7(3-6)5-10-11-12/h1-3,5,8,13H,4,9H2. The van der Waals surface area contributed by atoms with Crippen molar-refractivity contribution in [1.82, 2.24) is 14.8 Å². The summed E-state index contributed by atoms with van der Waals surface area (Å²) in [6, 6.07) is 3.59. The van der Waals surface area contributed by atoms with Crippen LogP contribution in [0.25, 0.3) is 5.52 Å². The van der Waals surface area contributed by atoms with Gasteiger partial charge in [-0.3, -0.25) is 0 Å². The third kappa shape index (κ3) is 1.39. The predicted octanol–water partition coefficient (Wildman–Crippen LogP) is -0.279. The van der Waals surface area contributed by atoms with E-state index >= 15 is 0 Å². The third-order valence-electron chi connectivity index (χ3n) is 1.93. The molecule has 2 aromatic rings. The van der Waals surface area contributed by atoms with Gasteiger partial charge in [0.2, 0.25) is 0 Å². The third-order valence-corrected chi connectivity index (χ3v) is 1.93. The molecule has 2 aromatic heterocycles. The van der Waals surface area contributed by atoms with Crippen LogP contribution in [0.3, 0.4) is 0 Å². The number of hydrogen-bond acceptors (Lipinski definition) is 4. The predicted molar refractivity (Wildman–Crippen MR) is 47.0 cm³/mol. The van der Waals surface area contributed by atoms with E-state index < -0.39 is 6.10 Å². The summed E-state index contributed by atoms with van der Waals surface area (Å²) < 4.78 is 1.63. The van der Waals surface area contributed by atoms with Gasteiger partial charge in [0.15, 0.2) is 0 Å². The number of nitrogens with zero attached hydrogens (tertiary/aromatic N) is 3. The van der Waals surface area contributed by atoms with Crippen LogP contribution in [0, 0.1) is 0 Å². The topological polar surface area (TPSA) is 76.4 Å². The summed E-state index contributed by atoms with van der Waals surface area (Å²) in [5, 5.41) is 17.0. The molecule has 5 heteroatoms. The fourth-order valence-electron chi connectivity index (χ4n) is 1.19. The molecule has 0 spiro atoms. The van der Waals surface area contributed by atoms with Crippen molar-refractivity contribution in [2.45, 2.75) is 6.10 Å². The van der Waals surface area contributed by atoms with Crippen LogP contribution in [0.1, 0.15) is 11.7 Å². The van der Waals surface area contributed by atoms with Gasteiger partial charge in [0.25, 0.3) is 0 Å². The van der Waals surface area contributed by atoms with E-state index in [0.717, 1.165) is 11.1 Å². The molecule has 0 amide bonds. The second-order valence-corrected chi connectivity index (χ2v) is 2.82. The van der Waals surface area contributed by atoms with Gasteiger partial charge >= 0.3 is 0 Å². The summed E-state index contributed by atoms with van der Waals surface area (Å²) >= 11 is 0. The molecule has 2 rings (SSSR count). The highest BCUT2D eigenvalue weighted by Gasteiger charge is 2.05. The highest BCUT2D eigenvalue weighted by atomic mass is 16.3. The van der Waals surface area contributed by atoms with Gasteiger partial charge in [0.1, 0.15) is 0 Å². The summed E-state index contributed by atoms with van der Waals surface area (Å²) in [7, 11) is 0. The van der Waals surface area contributed by atoms with Crippen LogP contribution in [0.15, 0.2) is 24.5 Å². The summed E-state index contributed by atoms with van der Waals surface area (Å²) in [6.45, 7) is 0.220. The zero-order valence-corrected chi connectivity index (χ0v) is 6.96. The molecule has 0 aromatic carbocycles. The Morgan fingerprint density at radius 1 is 1.62 bits per heavy atom. The average molecular weight is 178 g/mol. The van der Waals surface area contributed by atoms with E-state index in [1.165, 1.54) is 0 Å². The zero-order valence-electron chi connectivity index (χ0n) is 6.96. The van der Waals surface area contributed by atoms with Gasteiger partial charge in [0, 0.05) is 12.7 Å². The molecule has 0 fully saturated rings. The number of aliphatic hydroxyl groups excluding tert-OH is 1. The lowest BCUT2D eigenvalue weighted by Gasteiger charge is -2.07. The van der Waals surface area contributed by atoms with Crippen LogP contribution < -0.4 is 5.73 Å². The number of rotatable bonds is 2. The normalized spacial score (nSPS) is 13.4. The Morgan fingerprint density at radius 3 is 3.23 bits per heavy atom. The molecule has 3 N–H and O–H groups in total. The van der Waals surface area contributed by atoms with E-state index in [2.05, 4.69) is 10.3 Å². The molecule has 0 radical (unpaired) electrons. The van der Waals surface area contributed by atoms with Crippen molar-refractivity contribution in [1.29, 1.82) is 0 Å². The van der Waals surface area contributed by atoms with Gasteiger partial charge < -0.3 is 10.8 Å². The van der Waals surface area contributed by atoms with Crippen molar-refractivity contribution in [3.05, 3.63) is 30.1 Å². The van der Waals surface area contributed by atoms with Gasteiger partial charge in [-0.25, -0.2) is 4.52 Å². The summed E-state index contributed by atoms with van der Waals surface area (Å²) in [6.07, 6.45) is 2.77. The minimum Gasteiger partial charge on any atom is -0.387 e. The van der Waals surface area contributed by atoms with Gasteiger partial charge in [-0.2, -0.15) is 0 Å². The lowest BCUT2D eigenvalue weighted by atomic mass is 10.1. The van der Waals surface area contributed by atoms with Crippen molar-refractivity contribution in [2.75, 3.05) is 6.54 Å². The van der Waals surface area contributed by atoms with Crippen LogP contribution >= 0.6 is 0 Å². The summed E-state index contributed by atoms with van der Waals surface area (Å²) in [5.41, 5.74) is 6.98. The van der Waals surface area contributed by atoms with Gasteiger partial charge in [-0.05, 0) is 17.7 Å². The molecule has 13 heavy (non-hydrogen) atoms. The van der Waals surface area contributed by atoms with Gasteiger partial charge in [-0.15, -0.1) is 5.10 Å². The molecule has 0 saturated heterocycles. The quantitative estimate of drug-likeness (QED) is 0.663. The minimum absolute atomic E-state index is 0.220. The Bertz CT molecular complexity index is 411. The van der Waals surface area contributed by atoms with Crippen molar-refractivity contribution >= 4 is 5.52 Å². The van der Waals surface area contributed by atoms with E-state index in [9.17, 15) is 5.11 Å². The lowest BCUT2D eigenvalue weighted by molar-refractivity contribution is 0.187. The summed E-state index contributed by atoms with van der Waals surface area (Å²) in [4.78, 5) is 0. The second kappa shape index (κ2) is 3.12. The van der Waals surface area contributed by atoms with E-state index in [1.54, 1.807) is 23.0 Å². The number of nitrogens with two attached hydrogens (primary N) is 1. The largest absolute Gasteiger partial charge is 0.387 e. The van der Waals surface area contributed by atoms with Crippen molar-refractivity contribution in [3.8, 4) is 0 Å². The SMILES string of the molecule is NCC(O)c1ccn2nncc2c1. The molecule has 68 valence electrons. The van der Waals surface area contributed by atoms with Gasteiger partial charge in [-0.1, -0.05) is 5.21 Å². The molecule has 1 atom stereocenters. The van der Waals surface area contributed by atoms with Crippen LogP contribution in [0.5, 0.6) is 0 Å². The second-order valence-electron chi connectivity index (χ2n) is 2.82. The Balaban J connectivity index is 2.48. The van der Waals surface area contributed by atoms with E-state index in [4.69, 9.17) is 5.73 Å². The Labute approximate surface area is 74.8 Å². The van der Waals surface area contributed by atoms with Crippen LogP contribution in [0.2, 0.25) is 0 Å². The van der Waals surface area contributed by atoms with E-state index in [-0.39, 0.29) is 6.54 Å². The monoisotopic (exact) mass is 178 g/mol. The Kier molecular flexibility index (Phi) is 1.96. The number of aromatic nitrogens is 3. The molecule has 0 aliphatic heterocycles. The number of fused-ring (bicyclic) bond motifs is 1. The average Bonchev–Trinajstić information content (AvgIpc) is 2.63. The highest BCUT2D eigenvalue weighted by Crippen LogP contribution is 2.12. The number of hydrogen-bond donors (Lipinski definition) is 2. The Hall–Kier alpha value is -1.46. The van der Waals surface area contributed by atoms with Gasteiger partial charge in [0.05, 0.1) is 17.8 Å².